The third kappa shape index (κ3) is 4.03. The first kappa shape index (κ1) is 20.3. The van der Waals surface area contributed by atoms with Crippen molar-refractivity contribution in [1.82, 2.24) is 9.71 Å². The van der Waals surface area contributed by atoms with E-state index in [1.165, 1.54) is 12.1 Å². The van der Waals surface area contributed by atoms with Crippen molar-refractivity contribution >= 4 is 32.5 Å². The first-order valence-corrected chi connectivity index (χ1v) is 9.52. The van der Waals surface area contributed by atoms with Gasteiger partial charge in [0.25, 0.3) is 0 Å². The molecule has 0 bridgehead atoms. The van der Waals surface area contributed by atoms with E-state index in [-0.39, 0.29) is 16.1 Å². The lowest BCUT2D eigenvalue weighted by Crippen LogP contribution is -2.24. The molecular formula is C17H11ClF4N2O3S. The minimum absolute atomic E-state index is 0.00172. The van der Waals surface area contributed by atoms with Gasteiger partial charge < -0.3 is 4.98 Å². The predicted octanol–water partition coefficient (Wildman–Crippen LogP) is 3.82. The van der Waals surface area contributed by atoms with Gasteiger partial charge in [-0.1, -0.05) is 17.7 Å². The SMILES string of the molecule is O=c1cc(C(F)(F)F)c2cc(S(=O)(=O)NCc3c(F)cccc3Cl)ccc2[nH]1. The third-order valence-electron chi connectivity index (χ3n) is 3.93. The summed E-state index contributed by atoms with van der Waals surface area (Å²) >= 11 is 5.83. The summed E-state index contributed by atoms with van der Waals surface area (Å²) < 4.78 is 80.5. The van der Waals surface area contributed by atoms with Crippen molar-refractivity contribution in [2.24, 2.45) is 0 Å². The van der Waals surface area contributed by atoms with Gasteiger partial charge in [0.2, 0.25) is 15.6 Å². The molecule has 11 heteroatoms. The van der Waals surface area contributed by atoms with E-state index < -0.39 is 50.0 Å². The summed E-state index contributed by atoms with van der Waals surface area (Å²) in [6.07, 6.45) is -4.86. The fourth-order valence-electron chi connectivity index (χ4n) is 2.59. The molecule has 0 amide bonds. The standard InChI is InChI=1S/C17H11ClF4N2O3S/c18-13-2-1-3-14(19)11(13)8-23-28(26,27)9-4-5-15-10(6-9)12(17(20,21)22)7-16(25)24-15/h1-7,23H,8H2,(H,24,25). The van der Waals surface area contributed by atoms with Crippen LogP contribution in [0.1, 0.15) is 11.1 Å². The van der Waals surface area contributed by atoms with Gasteiger partial charge in [-0.25, -0.2) is 17.5 Å². The molecule has 0 saturated carbocycles. The Labute approximate surface area is 161 Å². The number of nitrogens with one attached hydrogen (secondary N) is 2. The molecule has 0 atom stereocenters. The monoisotopic (exact) mass is 434 g/mol. The maximum absolute atomic E-state index is 13.8. The van der Waals surface area contributed by atoms with Crippen LogP contribution >= 0.6 is 11.6 Å². The lowest BCUT2D eigenvalue weighted by Gasteiger charge is -2.12. The van der Waals surface area contributed by atoms with Crippen molar-refractivity contribution in [3.05, 3.63) is 74.8 Å². The van der Waals surface area contributed by atoms with Crippen LogP contribution in [-0.2, 0) is 22.7 Å². The molecule has 0 radical (unpaired) electrons. The van der Waals surface area contributed by atoms with Gasteiger partial charge in [-0.3, -0.25) is 4.79 Å². The van der Waals surface area contributed by atoms with E-state index in [4.69, 9.17) is 11.6 Å². The molecule has 3 aromatic rings. The highest BCUT2D eigenvalue weighted by atomic mass is 35.5. The van der Waals surface area contributed by atoms with E-state index in [1.54, 1.807) is 0 Å². The minimum Gasteiger partial charge on any atom is -0.322 e. The number of H-pyrrole nitrogens is 1. The highest BCUT2D eigenvalue weighted by Crippen LogP contribution is 2.34. The Kier molecular flexibility index (Phi) is 5.22. The number of hydrogen-bond acceptors (Lipinski definition) is 3. The van der Waals surface area contributed by atoms with Crippen molar-refractivity contribution in [3.8, 4) is 0 Å². The molecule has 2 aromatic carbocycles. The maximum Gasteiger partial charge on any atom is 0.417 e. The lowest BCUT2D eigenvalue weighted by atomic mass is 10.1. The highest BCUT2D eigenvalue weighted by Gasteiger charge is 2.33. The molecule has 0 aliphatic carbocycles. The van der Waals surface area contributed by atoms with Crippen LogP contribution in [0.3, 0.4) is 0 Å². The molecule has 0 aliphatic heterocycles. The van der Waals surface area contributed by atoms with Crippen molar-refractivity contribution in [3.63, 3.8) is 0 Å². The average Bonchev–Trinajstić information content (AvgIpc) is 2.59. The van der Waals surface area contributed by atoms with Crippen LogP contribution in [-0.4, -0.2) is 13.4 Å². The molecule has 0 unspecified atom stereocenters. The van der Waals surface area contributed by atoms with Crippen LogP contribution in [0, 0.1) is 5.82 Å². The predicted molar refractivity (Wildman–Crippen MR) is 95.0 cm³/mol. The molecule has 0 fully saturated rings. The number of aromatic amines is 1. The second kappa shape index (κ2) is 7.19. The Morgan fingerprint density at radius 2 is 1.82 bits per heavy atom. The number of halogens is 5. The fourth-order valence-corrected chi connectivity index (χ4v) is 3.84. The summed E-state index contributed by atoms with van der Waals surface area (Å²) in [6, 6.07) is 7.04. The molecule has 0 saturated heterocycles. The number of rotatable bonds is 4. The molecule has 0 aliphatic rings. The number of aromatic nitrogens is 1. The Balaban J connectivity index is 2.03. The van der Waals surface area contributed by atoms with Gasteiger partial charge in [0.05, 0.1) is 10.5 Å². The zero-order valence-corrected chi connectivity index (χ0v) is 15.3. The molecule has 1 aromatic heterocycles. The smallest absolute Gasteiger partial charge is 0.322 e. The summed E-state index contributed by atoms with van der Waals surface area (Å²) in [6.45, 7) is -0.496. The number of alkyl halides is 3. The lowest BCUT2D eigenvalue weighted by molar-refractivity contribution is -0.136. The minimum atomic E-state index is -4.86. The van der Waals surface area contributed by atoms with Crippen LogP contribution in [0.2, 0.25) is 5.02 Å². The number of sulfonamides is 1. The van der Waals surface area contributed by atoms with Crippen molar-refractivity contribution in [2.75, 3.05) is 0 Å². The van der Waals surface area contributed by atoms with Gasteiger partial charge in [0.15, 0.2) is 0 Å². The summed E-state index contributed by atoms with van der Waals surface area (Å²) in [7, 11) is -4.29. The molecular weight excluding hydrogens is 424 g/mol. The topological polar surface area (TPSA) is 79.0 Å². The first-order valence-electron chi connectivity index (χ1n) is 7.66. The van der Waals surface area contributed by atoms with E-state index in [2.05, 4.69) is 9.71 Å². The molecule has 3 rings (SSSR count). The van der Waals surface area contributed by atoms with Gasteiger partial charge in [-0.2, -0.15) is 13.2 Å². The number of hydrogen-bond donors (Lipinski definition) is 2. The largest absolute Gasteiger partial charge is 0.417 e. The zero-order chi connectivity index (χ0) is 20.7. The second-order valence-electron chi connectivity index (χ2n) is 5.78. The molecule has 0 spiro atoms. The molecule has 5 nitrogen and oxygen atoms in total. The van der Waals surface area contributed by atoms with E-state index in [0.29, 0.717) is 6.07 Å². The highest BCUT2D eigenvalue weighted by molar-refractivity contribution is 7.89. The van der Waals surface area contributed by atoms with Crippen molar-refractivity contribution in [1.29, 1.82) is 0 Å². The summed E-state index contributed by atoms with van der Waals surface area (Å²) in [5.74, 6) is -0.731. The van der Waals surface area contributed by atoms with Gasteiger partial charge in [-0.15, -0.1) is 0 Å². The molecule has 1 heterocycles. The van der Waals surface area contributed by atoms with Gasteiger partial charge >= 0.3 is 6.18 Å². The Morgan fingerprint density at radius 3 is 2.46 bits per heavy atom. The zero-order valence-electron chi connectivity index (χ0n) is 13.8. The molecule has 148 valence electrons. The molecule has 2 N–H and O–H groups in total. The van der Waals surface area contributed by atoms with E-state index in [0.717, 1.165) is 24.3 Å². The number of pyridine rings is 1. The van der Waals surface area contributed by atoms with E-state index in [1.807, 2.05) is 0 Å². The van der Waals surface area contributed by atoms with E-state index in [9.17, 15) is 30.8 Å². The molecule has 28 heavy (non-hydrogen) atoms. The number of benzene rings is 2. The quantitative estimate of drug-likeness (QED) is 0.613. The van der Waals surface area contributed by atoms with Crippen molar-refractivity contribution in [2.45, 2.75) is 17.6 Å². The van der Waals surface area contributed by atoms with E-state index >= 15 is 0 Å². The van der Waals surface area contributed by atoms with Gasteiger partial charge in [0, 0.05) is 34.1 Å². The van der Waals surface area contributed by atoms with Gasteiger partial charge in [-0.05, 0) is 30.3 Å². The van der Waals surface area contributed by atoms with Crippen LogP contribution in [0.15, 0.2) is 52.2 Å². The third-order valence-corrected chi connectivity index (χ3v) is 5.68. The fraction of sp³-hybridized carbons (Fsp3) is 0.118. The van der Waals surface area contributed by atoms with Crippen LogP contribution in [0.4, 0.5) is 17.6 Å². The summed E-state index contributed by atoms with van der Waals surface area (Å²) in [4.78, 5) is 13.2. The second-order valence-corrected chi connectivity index (χ2v) is 7.95. The Bertz CT molecular complexity index is 1200. The van der Waals surface area contributed by atoms with Crippen molar-refractivity contribution < 1.29 is 26.0 Å². The Morgan fingerprint density at radius 1 is 1.11 bits per heavy atom. The normalized spacial score (nSPS) is 12.5. The van der Waals surface area contributed by atoms with Crippen LogP contribution < -0.4 is 10.3 Å². The summed E-state index contributed by atoms with van der Waals surface area (Å²) in [5.41, 5.74) is -2.51. The maximum atomic E-state index is 13.8. The van der Waals surface area contributed by atoms with Crippen LogP contribution in [0.25, 0.3) is 10.9 Å². The summed E-state index contributed by atoms with van der Waals surface area (Å²) in [5, 5.41) is -0.489. The first-order chi connectivity index (χ1) is 13.0. The number of fused-ring (bicyclic) bond motifs is 1. The average molecular weight is 435 g/mol. The van der Waals surface area contributed by atoms with Gasteiger partial charge in [0.1, 0.15) is 5.82 Å². The Hall–Kier alpha value is -2.43. The van der Waals surface area contributed by atoms with Crippen LogP contribution in [0.5, 0.6) is 0 Å².